The number of hydrogen-bond donors (Lipinski definition) is 2. The Hall–Kier alpha value is -1.99. The molecule has 1 aliphatic rings. The van der Waals surface area contributed by atoms with Crippen LogP contribution in [0.3, 0.4) is 0 Å². The van der Waals surface area contributed by atoms with E-state index in [-0.39, 0.29) is 15.2 Å². The molecule has 2 aromatic rings. The summed E-state index contributed by atoms with van der Waals surface area (Å²) in [6, 6.07) is 11.6. The summed E-state index contributed by atoms with van der Waals surface area (Å²) in [6.07, 6.45) is 0. The van der Waals surface area contributed by atoms with E-state index in [1.807, 2.05) is 0 Å². The van der Waals surface area contributed by atoms with Crippen molar-refractivity contribution in [3.05, 3.63) is 53.6 Å². The number of esters is 2. The number of hydrogen-bond acceptors (Lipinski definition) is 5. The van der Waals surface area contributed by atoms with Crippen LogP contribution in [0.2, 0.25) is 0 Å². The molecule has 0 aromatic heterocycles. The molecule has 1 aliphatic heterocycles. The van der Waals surface area contributed by atoms with Crippen LogP contribution in [-0.4, -0.2) is 45.5 Å². The van der Waals surface area contributed by atoms with Gasteiger partial charge in [-0.3, -0.25) is 0 Å². The molecule has 0 fully saturated rings. The van der Waals surface area contributed by atoms with Crippen molar-refractivity contribution in [2.24, 2.45) is 0 Å². The molecule has 2 aromatic carbocycles. The molecule has 0 atom stereocenters. The van der Waals surface area contributed by atoms with Gasteiger partial charge in [-0.25, -0.2) is 0 Å². The van der Waals surface area contributed by atoms with Gasteiger partial charge in [0.2, 0.25) is 0 Å². The van der Waals surface area contributed by atoms with Gasteiger partial charge in [0.15, 0.2) is 0 Å². The van der Waals surface area contributed by atoms with Crippen LogP contribution in [0.25, 0.3) is 0 Å². The molecule has 0 unspecified atom stereocenters. The number of thiol groups is 1. The van der Waals surface area contributed by atoms with Gasteiger partial charge in [-0.2, -0.15) is 0 Å². The number of benzene rings is 2. The number of fused-ring (bicyclic) bond motifs is 1. The molecular weight excluding hydrogens is 397 g/mol. The first-order chi connectivity index (χ1) is 11.5. The second-order valence-corrected chi connectivity index (χ2v) is 9.91. The molecule has 0 amide bonds. The molecule has 1 heterocycles. The zero-order chi connectivity index (χ0) is 17.3. The molecule has 1 N–H and O–H groups in total. The normalized spacial score (nSPS) is 16.1. The van der Waals surface area contributed by atoms with Crippen molar-refractivity contribution in [2.75, 3.05) is 14.2 Å². The van der Waals surface area contributed by atoms with Crippen LogP contribution in [0.15, 0.2) is 52.3 Å². The SMILES string of the molecule is COC(=O)c1ccc([SH]2(=O)N[Se]c3cc(C(=O)OC)ccc32)cc1. The summed E-state index contributed by atoms with van der Waals surface area (Å²) in [7, 11) is -0.316. The number of methoxy groups -OCH3 is 2. The van der Waals surface area contributed by atoms with Gasteiger partial charge in [0, 0.05) is 0 Å². The average Bonchev–Trinajstić information content (AvgIpc) is 2.98. The molecule has 0 saturated heterocycles. The van der Waals surface area contributed by atoms with Gasteiger partial charge in [0.25, 0.3) is 0 Å². The van der Waals surface area contributed by atoms with Gasteiger partial charge in [0.05, 0.1) is 0 Å². The summed E-state index contributed by atoms with van der Waals surface area (Å²) in [6.45, 7) is 0. The van der Waals surface area contributed by atoms with Crippen molar-refractivity contribution in [1.82, 2.24) is 3.74 Å². The summed E-state index contributed by atoms with van der Waals surface area (Å²) >= 11 is -0.212. The molecule has 0 spiro atoms. The second-order valence-electron chi connectivity index (χ2n) is 5.02. The summed E-state index contributed by atoms with van der Waals surface area (Å²) in [5.74, 6) is -0.857. The van der Waals surface area contributed by atoms with Crippen molar-refractivity contribution in [2.45, 2.75) is 9.79 Å². The molecule has 0 radical (unpaired) electrons. The van der Waals surface area contributed by atoms with E-state index in [9.17, 15) is 13.8 Å². The first-order valence-electron chi connectivity index (χ1n) is 6.95. The molecule has 126 valence electrons. The fourth-order valence-electron chi connectivity index (χ4n) is 2.38. The van der Waals surface area contributed by atoms with Gasteiger partial charge in [-0.15, -0.1) is 0 Å². The molecule has 3 rings (SSSR count). The van der Waals surface area contributed by atoms with E-state index in [2.05, 4.69) is 8.48 Å². The predicted octanol–water partition coefficient (Wildman–Crippen LogP) is 0.457. The van der Waals surface area contributed by atoms with Crippen molar-refractivity contribution in [1.29, 1.82) is 0 Å². The maximum atomic E-state index is 13.4. The zero-order valence-corrected chi connectivity index (χ0v) is 15.5. The summed E-state index contributed by atoms with van der Waals surface area (Å²) in [5, 5.41) is 0. The van der Waals surface area contributed by atoms with Crippen LogP contribution in [-0.2, 0) is 19.6 Å². The molecule has 0 aliphatic carbocycles. The van der Waals surface area contributed by atoms with E-state index in [4.69, 9.17) is 4.74 Å². The molecule has 0 bridgehead atoms. The summed E-state index contributed by atoms with van der Waals surface area (Å²) in [5.41, 5.74) is 0.841. The van der Waals surface area contributed by atoms with Crippen LogP contribution in [0.4, 0.5) is 0 Å². The number of carbonyl (C=O) groups excluding carboxylic acids is 2. The van der Waals surface area contributed by atoms with E-state index in [0.717, 1.165) is 4.46 Å². The van der Waals surface area contributed by atoms with E-state index in [0.29, 0.717) is 20.9 Å². The van der Waals surface area contributed by atoms with Crippen LogP contribution < -0.4 is 8.20 Å². The average molecular weight is 412 g/mol. The van der Waals surface area contributed by atoms with E-state index in [1.165, 1.54) is 14.2 Å². The topological polar surface area (TPSA) is 81.7 Å². The maximum absolute atomic E-state index is 13.4. The fourth-order valence-corrected chi connectivity index (χ4v) is 8.83. The Kier molecular flexibility index (Phi) is 4.56. The Balaban J connectivity index is 1.98. The number of nitrogens with one attached hydrogen (secondary N) is 1. The van der Waals surface area contributed by atoms with Crippen LogP contribution in [0, 0.1) is 0 Å². The number of carbonyl (C=O) groups is 2. The number of rotatable bonds is 3. The fraction of sp³-hybridized carbons (Fsp3) is 0.125. The third-order valence-corrected chi connectivity index (χ3v) is 9.80. The van der Waals surface area contributed by atoms with Crippen molar-refractivity contribution in [3.8, 4) is 0 Å². The third kappa shape index (κ3) is 2.78. The van der Waals surface area contributed by atoms with Gasteiger partial charge >= 0.3 is 146 Å². The molecule has 8 heteroatoms. The summed E-state index contributed by atoms with van der Waals surface area (Å²) < 4.78 is 26.8. The van der Waals surface area contributed by atoms with Crippen molar-refractivity contribution >= 4 is 41.7 Å². The molecule has 6 nitrogen and oxygen atoms in total. The Morgan fingerprint density at radius 2 is 1.54 bits per heavy atom. The first kappa shape index (κ1) is 16.9. The first-order valence-corrected chi connectivity index (χ1v) is 10.4. The predicted molar refractivity (Wildman–Crippen MR) is 90.2 cm³/mol. The molecule has 24 heavy (non-hydrogen) atoms. The van der Waals surface area contributed by atoms with E-state index in [1.54, 1.807) is 42.5 Å². The van der Waals surface area contributed by atoms with Crippen LogP contribution in [0.1, 0.15) is 20.7 Å². The van der Waals surface area contributed by atoms with Gasteiger partial charge in [-0.05, 0) is 0 Å². The Bertz CT molecular complexity index is 865. The second kappa shape index (κ2) is 6.49. The molecule has 0 saturated carbocycles. The summed E-state index contributed by atoms with van der Waals surface area (Å²) in [4.78, 5) is 24.4. The van der Waals surface area contributed by atoms with Crippen LogP contribution in [0.5, 0.6) is 0 Å². The van der Waals surface area contributed by atoms with Crippen molar-refractivity contribution in [3.63, 3.8) is 0 Å². The third-order valence-electron chi connectivity index (χ3n) is 3.66. The van der Waals surface area contributed by atoms with E-state index < -0.39 is 22.1 Å². The molecular formula is C16H15NO5SSe. The number of ether oxygens (including phenoxy) is 2. The van der Waals surface area contributed by atoms with Crippen LogP contribution >= 0.6 is 0 Å². The van der Waals surface area contributed by atoms with E-state index >= 15 is 0 Å². The minimum absolute atomic E-state index is 0.212. The zero-order valence-electron chi connectivity index (χ0n) is 12.9. The Labute approximate surface area is 146 Å². The Morgan fingerprint density at radius 1 is 0.958 bits per heavy atom. The van der Waals surface area contributed by atoms with Gasteiger partial charge < -0.3 is 0 Å². The van der Waals surface area contributed by atoms with Gasteiger partial charge in [-0.1, -0.05) is 0 Å². The standard InChI is InChI=1S/C16H15NO5SSe/c1-21-15(18)10-3-6-12(7-4-10)23(20)13-8-5-11(16(19)22-2)9-14(13)24-17-23/h3-9,23H,1-2H3,(H,17,20). The van der Waals surface area contributed by atoms with Crippen molar-refractivity contribution < 1.29 is 23.3 Å². The van der Waals surface area contributed by atoms with Gasteiger partial charge in [0.1, 0.15) is 0 Å². The Morgan fingerprint density at radius 3 is 2.17 bits per heavy atom. The minimum atomic E-state index is -2.96. The monoisotopic (exact) mass is 413 g/mol. The quantitative estimate of drug-likeness (QED) is 0.435.